The van der Waals surface area contributed by atoms with E-state index < -0.39 is 0 Å². The molecule has 102 valence electrons. The highest BCUT2D eigenvalue weighted by Crippen LogP contribution is 2.22. The average molecular weight is 334 g/mol. The normalized spacial score (nSPS) is 10.9. The van der Waals surface area contributed by atoms with E-state index in [0.29, 0.717) is 12.2 Å². The molecule has 0 saturated carbocycles. The van der Waals surface area contributed by atoms with E-state index in [2.05, 4.69) is 21.0 Å². The van der Waals surface area contributed by atoms with E-state index in [1.807, 2.05) is 30.3 Å². The van der Waals surface area contributed by atoms with Crippen molar-refractivity contribution in [2.75, 3.05) is 7.11 Å². The Morgan fingerprint density at radius 2 is 2.15 bits per heavy atom. The molecule has 0 spiro atoms. The smallest absolute Gasteiger partial charge is 0.350 e. The lowest BCUT2D eigenvalue weighted by Gasteiger charge is -2.06. The van der Waals surface area contributed by atoms with Crippen molar-refractivity contribution < 1.29 is 4.74 Å². The van der Waals surface area contributed by atoms with E-state index in [1.54, 1.807) is 19.4 Å². The number of ether oxygens (including phenoxy) is 1. The standard InChI is InChI=1S/C14H12BrN3O2/c1-20-11-5-6-12(15)10(8-11)9-18-14(19)17-7-3-2-4-13(17)16-18/h2-8H,9H2,1H3. The molecule has 0 aliphatic rings. The average Bonchev–Trinajstić information content (AvgIpc) is 2.78. The first-order valence-corrected chi connectivity index (χ1v) is 6.85. The predicted octanol–water partition coefficient (Wildman–Crippen LogP) is 2.32. The van der Waals surface area contributed by atoms with Crippen LogP contribution >= 0.6 is 15.9 Å². The minimum atomic E-state index is -0.157. The monoisotopic (exact) mass is 333 g/mol. The molecular formula is C14H12BrN3O2. The lowest BCUT2D eigenvalue weighted by atomic mass is 10.2. The third-order valence-electron chi connectivity index (χ3n) is 3.06. The van der Waals surface area contributed by atoms with E-state index in [9.17, 15) is 4.79 Å². The second-order valence-electron chi connectivity index (χ2n) is 4.33. The molecule has 20 heavy (non-hydrogen) atoms. The molecule has 0 N–H and O–H groups in total. The Morgan fingerprint density at radius 3 is 2.90 bits per heavy atom. The molecule has 3 aromatic rings. The Morgan fingerprint density at radius 1 is 1.30 bits per heavy atom. The number of halogens is 1. The number of aromatic nitrogens is 3. The number of fused-ring (bicyclic) bond motifs is 1. The summed E-state index contributed by atoms with van der Waals surface area (Å²) in [6.07, 6.45) is 1.71. The molecule has 0 unspecified atom stereocenters. The van der Waals surface area contributed by atoms with Crippen molar-refractivity contribution in [1.82, 2.24) is 14.2 Å². The van der Waals surface area contributed by atoms with Gasteiger partial charge in [0.15, 0.2) is 5.65 Å². The van der Waals surface area contributed by atoms with Crippen LogP contribution in [-0.4, -0.2) is 21.3 Å². The minimum Gasteiger partial charge on any atom is -0.497 e. The molecule has 0 radical (unpaired) electrons. The van der Waals surface area contributed by atoms with E-state index in [1.165, 1.54) is 9.08 Å². The van der Waals surface area contributed by atoms with Gasteiger partial charge in [0.05, 0.1) is 13.7 Å². The third kappa shape index (κ3) is 2.22. The zero-order valence-corrected chi connectivity index (χ0v) is 12.4. The molecule has 0 aliphatic heterocycles. The van der Waals surface area contributed by atoms with E-state index in [0.717, 1.165) is 15.8 Å². The van der Waals surface area contributed by atoms with Gasteiger partial charge in [-0.3, -0.25) is 4.40 Å². The Bertz CT molecular complexity index is 823. The Balaban J connectivity index is 2.05. The second-order valence-corrected chi connectivity index (χ2v) is 5.18. The summed E-state index contributed by atoms with van der Waals surface area (Å²) in [7, 11) is 1.62. The summed E-state index contributed by atoms with van der Waals surface area (Å²) in [5.74, 6) is 0.750. The molecule has 0 bridgehead atoms. The predicted molar refractivity (Wildman–Crippen MR) is 79.2 cm³/mol. The number of methoxy groups -OCH3 is 1. The Kier molecular flexibility index (Phi) is 3.31. The van der Waals surface area contributed by atoms with Gasteiger partial charge in [-0.15, -0.1) is 5.10 Å². The number of hydrogen-bond donors (Lipinski definition) is 0. The maximum absolute atomic E-state index is 12.2. The highest BCUT2D eigenvalue weighted by atomic mass is 79.9. The van der Waals surface area contributed by atoms with Crippen molar-refractivity contribution in [2.45, 2.75) is 6.54 Å². The summed E-state index contributed by atoms with van der Waals surface area (Å²) in [4.78, 5) is 12.2. The van der Waals surface area contributed by atoms with Crippen molar-refractivity contribution in [1.29, 1.82) is 0 Å². The molecule has 0 amide bonds. The molecule has 1 aromatic carbocycles. The molecule has 0 saturated heterocycles. The zero-order chi connectivity index (χ0) is 14.1. The summed E-state index contributed by atoms with van der Waals surface area (Å²) in [5.41, 5.74) is 1.42. The largest absolute Gasteiger partial charge is 0.497 e. The molecular weight excluding hydrogens is 322 g/mol. The maximum Gasteiger partial charge on any atom is 0.350 e. The van der Waals surface area contributed by atoms with Gasteiger partial charge in [0, 0.05) is 10.7 Å². The van der Waals surface area contributed by atoms with Crippen LogP contribution in [-0.2, 0) is 6.54 Å². The molecule has 0 atom stereocenters. The van der Waals surface area contributed by atoms with E-state index in [-0.39, 0.29) is 5.69 Å². The van der Waals surface area contributed by atoms with Gasteiger partial charge in [-0.05, 0) is 35.9 Å². The molecule has 6 heteroatoms. The van der Waals surface area contributed by atoms with Gasteiger partial charge in [0.2, 0.25) is 0 Å². The first-order chi connectivity index (χ1) is 9.69. The van der Waals surface area contributed by atoms with Crippen LogP contribution in [0, 0.1) is 0 Å². The number of rotatable bonds is 3. The lowest BCUT2D eigenvalue weighted by Crippen LogP contribution is -2.21. The maximum atomic E-state index is 12.2. The number of benzene rings is 1. The van der Waals surface area contributed by atoms with Crippen LogP contribution in [0.4, 0.5) is 0 Å². The van der Waals surface area contributed by atoms with Crippen molar-refractivity contribution in [2.24, 2.45) is 0 Å². The minimum absolute atomic E-state index is 0.157. The molecule has 2 heterocycles. The SMILES string of the molecule is COc1ccc(Br)c(Cn2nc3ccccn3c2=O)c1. The van der Waals surface area contributed by atoms with Crippen LogP contribution < -0.4 is 10.4 Å². The highest BCUT2D eigenvalue weighted by molar-refractivity contribution is 9.10. The topological polar surface area (TPSA) is 48.5 Å². The van der Waals surface area contributed by atoms with E-state index >= 15 is 0 Å². The van der Waals surface area contributed by atoms with Gasteiger partial charge >= 0.3 is 5.69 Å². The fraction of sp³-hybridized carbons (Fsp3) is 0.143. The molecule has 2 aromatic heterocycles. The zero-order valence-electron chi connectivity index (χ0n) is 10.8. The van der Waals surface area contributed by atoms with Crippen LogP contribution in [0.5, 0.6) is 5.75 Å². The molecule has 0 aliphatic carbocycles. The molecule has 3 rings (SSSR count). The van der Waals surface area contributed by atoms with Crippen LogP contribution in [0.15, 0.2) is 51.9 Å². The van der Waals surface area contributed by atoms with Crippen LogP contribution in [0.1, 0.15) is 5.56 Å². The van der Waals surface area contributed by atoms with Gasteiger partial charge < -0.3 is 4.74 Å². The third-order valence-corrected chi connectivity index (χ3v) is 3.84. The summed E-state index contributed by atoms with van der Waals surface area (Å²) in [5, 5.41) is 4.31. The summed E-state index contributed by atoms with van der Waals surface area (Å²) < 4.78 is 9.08. The molecule has 5 nitrogen and oxygen atoms in total. The van der Waals surface area contributed by atoms with Crippen molar-refractivity contribution in [3.05, 3.63) is 63.1 Å². The highest BCUT2D eigenvalue weighted by Gasteiger charge is 2.09. The van der Waals surface area contributed by atoms with Gasteiger partial charge in [-0.2, -0.15) is 0 Å². The van der Waals surface area contributed by atoms with Crippen LogP contribution in [0.2, 0.25) is 0 Å². The van der Waals surface area contributed by atoms with Crippen LogP contribution in [0.25, 0.3) is 5.65 Å². The van der Waals surface area contributed by atoms with E-state index in [4.69, 9.17) is 4.74 Å². The first-order valence-electron chi connectivity index (χ1n) is 6.05. The van der Waals surface area contributed by atoms with Crippen LogP contribution in [0.3, 0.4) is 0 Å². The summed E-state index contributed by atoms with van der Waals surface area (Å²) >= 11 is 3.48. The van der Waals surface area contributed by atoms with Gasteiger partial charge in [-0.25, -0.2) is 9.48 Å². The van der Waals surface area contributed by atoms with Gasteiger partial charge in [0.25, 0.3) is 0 Å². The van der Waals surface area contributed by atoms with Crippen molar-refractivity contribution in [3.63, 3.8) is 0 Å². The number of hydrogen-bond acceptors (Lipinski definition) is 3. The lowest BCUT2D eigenvalue weighted by molar-refractivity contribution is 0.414. The Hall–Kier alpha value is -2.08. The van der Waals surface area contributed by atoms with Gasteiger partial charge in [0.1, 0.15) is 5.75 Å². The number of pyridine rings is 1. The quantitative estimate of drug-likeness (QED) is 0.739. The summed E-state index contributed by atoms with van der Waals surface area (Å²) in [6, 6.07) is 11.1. The first kappa shape index (κ1) is 12.9. The summed E-state index contributed by atoms with van der Waals surface area (Å²) in [6.45, 7) is 0.387. The van der Waals surface area contributed by atoms with Gasteiger partial charge in [-0.1, -0.05) is 22.0 Å². The number of nitrogens with zero attached hydrogens (tertiary/aromatic N) is 3. The van der Waals surface area contributed by atoms with Crippen molar-refractivity contribution >= 4 is 21.6 Å². The fourth-order valence-electron chi connectivity index (χ4n) is 2.03. The van der Waals surface area contributed by atoms with Crippen molar-refractivity contribution in [3.8, 4) is 5.75 Å². The fourth-order valence-corrected chi connectivity index (χ4v) is 2.40. The second kappa shape index (κ2) is 5.13. The molecule has 0 fully saturated rings. The Labute approximate surface area is 123 Å².